The molecule has 8 heteroatoms. The number of aryl methyl sites for hydroxylation is 1. The van der Waals surface area contributed by atoms with Crippen LogP contribution in [0.5, 0.6) is 11.5 Å². The molecule has 0 amide bonds. The third-order valence-corrected chi connectivity index (χ3v) is 6.10. The van der Waals surface area contributed by atoms with E-state index in [0.717, 1.165) is 36.2 Å². The Morgan fingerprint density at radius 3 is 2.65 bits per heavy atom. The lowest BCUT2D eigenvalue weighted by Crippen LogP contribution is -2.27. The Morgan fingerprint density at radius 2 is 1.87 bits per heavy atom. The van der Waals surface area contributed by atoms with Crippen molar-refractivity contribution in [1.29, 1.82) is 0 Å². The second-order valence-corrected chi connectivity index (χ2v) is 7.88. The summed E-state index contributed by atoms with van der Waals surface area (Å²) in [4.78, 5) is 27.6. The molecule has 0 radical (unpaired) electrons. The number of nitrogens with zero attached hydrogens (tertiary/aromatic N) is 4. The molecule has 1 aliphatic heterocycles. The van der Waals surface area contributed by atoms with Crippen LogP contribution in [0.15, 0.2) is 41.2 Å². The Bertz CT molecular complexity index is 1330. The lowest BCUT2D eigenvalue weighted by atomic mass is 10.2. The molecule has 8 nitrogen and oxygen atoms in total. The van der Waals surface area contributed by atoms with Gasteiger partial charge in [0, 0.05) is 13.1 Å². The van der Waals surface area contributed by atoms with Crippen molar-refractivity contribution in [3.63, 3.8) is 0 Å². The van der Waals surface area contributed by atoms with Crippen LogP contribution in [0.25, 0.3) is 21.9 Å². The molecular formula is C23H25N5O3. The highest BCUT2D eigenvalue weighted by atomic mass is 16.5. The van der Waals surface area contributed by atoms with Gasteiger partial charge in [0.2, 0.25) is 0 Å². The van der Waals surface area contributed by atoms with E-state index >= 15 is 0 Å². The second-order valence-electron chi connectivity index (χ2n) is 7.88. The molecule has 2 aromatic heterocycles. The van der Waals surface area contributed by atoms with Crippen LogP contribution in [0.1, 0.15) is 30.5 Å². The fourth-order valence-electron chi connectivity index (χ4n) is 4.55. The average Bonchev–Trinajstić information content (AvgIpc) is 3.37. The quantitative estimate of drug-likeness (QED) is 0.535. The van der Waals surface area contributed by atoms with E-state index in [9.17, 15) is 4.79 Å². The lowest BCUT2D eigenvalue weighted by Gasteiger charge is -2.23. The zero-order valence-electron chi connectivity index (χ0n) is 17.9. The Labute approximate surface area is 179 Å². The Hall–Kier alpha value is -3.39. The van der Waals surface area contributed by atoms with Gasteiger partial charge in [-0.05, 0) is 37.6 Å². The van der Waals surface area contributed by atoms with E-state index in [1.54, 1.807) is 26.4 Å². The van der Waals surface area contributed by atoms with Crippen LogP contribution < -0.4 is 15.0 Å². The minimum Gasteiger partial charge on any atom is -0.493 e. The first-order valence-corrected chi connectivity index (χ1v) is 10.4. The molecule has 0 spiro atoms. The SMILES string of the molecule is COc1cc2nc(CN3CCC[C@H]3c3nc4ccccc4n3C)[nH]c(=O)c2cc1OC. The van der Waals surface area contributed by atoms with E-state index in [0.29, 0.717) is 34.8 Å². The summed E-state index contributed by atoms with van der Waals surface area (Å²) < 4.78 is 12.9. The van der Waals surface area contributed by atoms with Crippen molar-refractivity contribution in [3.8, 4) is 11.5 Å². The monoisotopic (exact) mass is 419 g/mol. The van der Waals surface area contributed by atoms with Gasteiger partial charge >= 0.3 is 0 Å². The largest absolute Gasteiger partial charge is 0.493 e. The van der Waals surface area contributed by atoms with E-state index in [1.165, 1.54) is 0 Å². The molecule has 1 atom stereocenters. The first-order valence-electron chi connectivity index (χ1n) is 10.4. The molecule has 1 fully saturated rings. The fourth-order valence-corrected chi connectivity index (χ4v) is 4.55. The number of imidazole rings is 1. The van der Waals surface area contributed by atoms with Crippen molar-refractivity contribution in [2.45, 2.75) is 25.4 Å². The number of aromatic amines is 1. The van der Waals surface area contributed by atoms with Gasteiger partial charge in [-0.2, -0.15) is 0 Å². The van der Waals surface area contributed by atoms with E-state index < -0.39 is 0 Å². The third-order valence-electron chi connectivity index (χ3n) is 6.10. The minimum atomic E-state index is -0.181. The number of hydrogen-bond donors (Lipinski definition) is 1. The van der Waals surface area contributed by atoms with Gasteiger partial charge in [-0.25, -0.2) is 9.97 Å². The number of ether oxygens (including phenoxy) is 2. The number of benzene rings is 2. The van der Waals surface area contributed by atoms with Crippen molar-refractivity contribution >= 4 is 21.9 Å². The molecule has 3 heterocycles. The summed E-state index contributed by atoms with van der Waals surface area (Å²) in [6.45, 7) is 1.48. The fraction of sp³-hybridized carbons (Fsp3) is 0.348. The molecule has 0 saturated carbocycles. The molecule has 31 heavy (non-hydrogen) atoms. The topological polar surface area (TPSA) is 85.3 Å². The Kier molecular flexibility index (Phi) is 4.86. The Morgan fingerprint density at radius 1 is 1.10 bits per heavy atom. The minimum absolute atomic E-state index is 0.181. The van der Waals surface area contributed by atoms with E-state index in [-0.39, 0.29) is 11.6 Å². The molecular weight excluding hydrogens is 394 g/mol. The summed E-state index contributed by atoms with van der Waals surface area (Å²) in [5.41, 5.74) is 2.54. The molecule has 160 valence electrons. The number of methoxy groups -OCH3 is 2. The summed E-state index contributed by atoms with van der Waals surface area (Å²) in [6, 6.07) is 11.8. The number of hydrogen-bond acceptors (Lipinski definition) is 6. The molecule has 5 rings (SSSR count). The van der Waals surface area contributed by atoms with Crippen LogP contribution in [-0.4, -0.2) is 45.2 Å². The maximum absolute atomic E-state index is 12.7. The normalized spacial score (nSPS) is 16.9. The van der Waals surface area contributed by atoms with Crippen molar-refractivity contribution in [2.24, 2.45) is 7.05 Å². The zero-order chi connectivity index (χ0) is 21.5. The maximum atomic E-state index is 12.7. The summed E-state index contributed by atoms with van der Waals surface area (Å²) in [5, 5.41) is 0.481. The maximum Gasteiger partial charge on any atom is 0.258 e. The molecule has 2 aromatic carbocycles. The van der Waals surface area contributed by atoms with Gasteiger partial charge in [0.15, 0.2) is 11.5 Å². The predicted molar refractivity (Wildman–Crippen MR) is 119 cm³/mol. The number of fused-ring (bicyclic) bond motifs is 2. The molecule has 1 N–H and O–H groups in total. The first kappa shape index (κ1) is 19.6. The predicted octanol–water partition coefficient (Wildman–Crippen LogP) is 3.16. The van der Waals surface area contributed by atoms with E-state index in [2.05, 4.69) is 27.6 Å². The number of H-pyrrole nitrogens is 1. The van der Waals surface area contributed by atoms with Crippen LogP contribution >= 0.6 is 0 Å². The van der Waals surface area contributed by atoms with Crippen LogP contribution in [0.2, 0.25) is 0 Å². The standard InChI is InChI=1S/C23H25N5O3/c1-27-17-8-5-4-7-15(17)25-22(27)18-9-6-10-28(18)13-21-24-16-12-20(31-3)19(30-2)11-14(16)23(29)26-21/h4-5,7-8,11-12,18H,6,9-10,13H2,1-3H3,(H,24,26,29)/t18-/m0/s1. The highest BCUT2D eigenvalue weighted by molar-refractivity contribution is 5.81. The molecule has 1 aliphatic rings. The van der Waals surface area contributed by atoms with Crippen molar-refractivity contribution in [1.82, 2.24) is 24.4 Å². The zero-order valence-corrected chi connectivity index (χ0v) is 17.9. The molecule has 4 aromatic rings. The van der Waals surface area contributed by atoms with Crippen LogP contribution in [0, 0.1) is 0 Å². The van der Waals surface area contributed by atoms with Gasteiger partial charge in [0.05, 0.1) is 48.7 Å². The lowest BCUT2D eigenvalue weighted by molar-refractivity contribution is 0.231. The average molecular weight is 419 g/mol. The molecule has 0 unspecified atom stereocenters. The molecule has 1 saturated heterocycles. The van der Waals surface area contributed by atoms with Crippen molar-refractivity contribution in [2.75, 3.05) is 20.8 Å². The summed E-state index contributed by atoms with van der Waals surface area (Å²) >= 11 is 0. The summed E-state index contributed by atoms with van der Waals surface area (Å²) in [6.07, 6.45) is 2.11. The van der Waals surface area contributed by atoms with Crippen LogP contribution in [0.4, 0.5) is 0 Å². The number of likely N-dealkylation sites (tertiary alicyclic amines) is 1. The Balaban J connectivity index is 1.49. The van der Waals surface area contributed by atoms with Gasteiger partial charge in [-0.1, -0.05) is 12.1 Å². The van der Waals surface area contributed by atoms with Crippen LogP contribution in [0.3, 0.4) is 0 Å². The molecule has 0 bridgehead atoms. The van der Waals surface area contributed by atoms with Gasteiger partial charge in [-0.3, -0.25) is 9.69 Å². The van der Waals surface area contributed by atoms with Gasteiger partial charge in [0.25, 0.3) is 5.56 Å². The van der Waals surface area contributed by atoms with Crippen molar-refractivity contribution in [3.05, 3.63) is 58.4 Å². The van der Waals surface area contributed by atoms with Gasteiger partial charge in [-0.15, -0.1) is 0 Å². The number of aromatic nitrogens is 4. The first-order chi connectivity index (χ1) is 15.1. The smallest absolute Gasteiger partial charge is 0.258 e. The van der Waals surface area contributed by atoms with E-state index in [4.69, 9.17) is 19.4 Å². The summed E-state index contributed by atoms with van der Waals surface area (Å²) in [7, 11) is 5.19. The second kappa shape index (κ2) is 7.70. The third kappa shape index (κ3) is 3.33. The number of rotatable bonds is 5. The van der Waals surface area contributed by atoms with E-state index in [1.807, 2.05) is 18.2 Å². The van der Waals surface area contributed by atoms with Gasteiger partial charge in [0.1, 0.15) is 11.6 Å². The highest BCUT2D eigenvalue weighted by Crippen LogP contribution is 2.34. The number of nitrogens with one attached hydrogen (secondary N) is 1. The highest BCUT2D eigenvalue weighted by Gasteiger charge is 2.30. The van der Waals surface area contributed by atoms with Crippen LogP contribution in [-0.2, 0) is 13.6 Å². The number of para-hydroxylation sites is 2. The van der Waals surface area contributed by atoms with Crippen molar-refractivity contribution < 1.29 is 9.47 Å². The van der Waals surface area contributed by atoms with Gasteiger partial charge < -0.3 is 19.0 Å². The summed E-state index contributed by atoms with van der Waals surface area (Å²) in [5.74, 6) is 2.75. The molecule has 0 aliphatic carbocycles.